The average molecular weight is 354 g/mol. The molecular formula is C13H19BrF3N3. The number of anilines is 1. The van der Waals surface area contributed by atoms with E-state index in [2.05, 4.69) is 31.2 Å². The number of nitrogens with zero attached hydrogens (tertiary/aromatic N) is 2. The molecule has 114 valence electrons. The lowest BCUT2D eigenvalue weighted by atomic mass is 10.1. The zero-order chi connectivity index (χ0) is 15.3. The van der Waals surface area contributed by atoms with Crippen molar-refractivity contribution in [2.75, 3.05) is 11.9 Å². The van der Waals surface area contributed by atoms with Gasteiger partial charge in [-0.1, -0.05) is 20.8 Å². The van der Waals surface area contributed by atoms with Crippen molar-refractivity contribution < 1.29 is 13.2 Å². The summed E-state index contributed by atoms with van der Waals surface area (Å²) in [6, 6.07) is 0. The van der Waals surface area contributed by atoms with Crippen LogP contribution in [0, 0.1) is 5.92 Å². The maximum absolute atomic E-state index is 12.5. The largest absolute Gasteiger partial charge is 0.396 e. The van der Waals surface area contributed by atoms with E-state index in [1.54, 1.807) is 0 Å². The molecule has 20 heavy (non-hydrogen) atoms. The van der Waals surface area contributed by atoms with E-state index in [4.69, 9.17) is 0 Å². The summed E-state index contributed by atoms with van der Waals surface area (Å²) in [6.07, 6.45) is -3.93. The van der Waals surface area contributed by atoms with Crippen molar-refractivity contribution in [1.82, 2.24) is 9.97 Å². The number of hydrogen-bond acceptors (Lipinski definition) is 3. The highest BCUT2D eigenvalue weighted by Crippen LogP contribution is 2.28. The van der Waals surface area contributed by atoms with Gasteiger partial charge in [0.1, 0.15) is 18.1 Å². The second kappa shape index (κ2) is 7.24. The van der Waals surface area contributed by atoms with Gasteiger partial charge in [0, 0.05) is 6.54 Å². The van der Waals surface area contributed by atoms with Crippen molar-refractivity contribution in [1.29, 1.82) is 0 Å². The highest BCUT2D eigenvalue weighted by Gasteiger charge is 2.30. The molecule has 0 aromatic carbocycles. The molecule has 0 fully saturated rings. The lowest BCUT2D eigenvalue weighted by Crippen LogP contribution is -2.17. The summed E-state index contributed by atoms with van der Waals surface area (Å²) in [7, 11) is 0. The Morgan fingerprint density at radius 1 is 1.25 bits per heavy atom. The molecule has 1 heterocycles. The Balaban J connectivity index is 3.11. The number of nitrogens with one attached hydrogen (secondary N) is 1. The van der Waals surface area contributed by atoms with E-state index >= 15 is 0 Å². The van der Waals surface area contributed by atoms with Crippen LogP contribution in [0.15, 0.2) is 4.47 Å². The Hall–Kier alpha value is -0.850. The molecule has 0 saturated heterocycles. The van der Waals surface area contributed by atoms with Gasteiger partial charge in [0.25, 0.3) is 0 Å². The van der Waals surface area contributed by atoms with Crippen LogP contribution in [0.4, 0.5) is 19.0 Å². The topological polar surface area (TPSA) is 37.8 Å². The molecule has 0 aliphatic carbocycles. The second-order valence-electron chi connectivity index (χ2n) is 5.07. The van der Waals surface area contributed by atoms with Crippen molar-refractivity contribution >= 4 is 21.7 Å². The van der Waals surface area contributed by atoms with Gasteiger partial charge in [-0.25, -0.2) is 9.97 Å². The van der Waals surface area contributed by atoms with Gasteiger partial charge < -0.3 is 5.32 Å². The van der Waals surface area contributed by atoms with Crippen LogP contribution in [-0.4, -0.2) is 22.7 Å². The third-order valence-corrected chi connectivity index (χ3v) is 3.30. The first-order chi connectivity index (χ1) is 9.23. The summed E-state index contributed by atoms with van der Waals surface area (Å²) >= 11 is 3.39. The minimum absolute atomic E-state index is 0.185. The van der Waals surface area contributed by atoms with Gasteiger partial charge in [-0.2, -0.15) is 13.2 Å². The Kier molecular flexibility index (Phi) is 6.23. The van der Waals surface area contributed by atoms with Crippen LogP contribution >= 0.6 is 15.9 Å². The highest BCUT2D eigenvalue weighted by molar-refractivity contribution is 9.10. The summed E-state index contributed by atoms with van der Waals surface area (Å²) < 4.78 is 38.2. The monoisotopic (exact) mass is 353 g/mol. The molecule has 0 unspecified atom stereocenters. The Morgan fingerprint density at radius 2 is 1.90 bits per heavy atom. The van der Waals surface area contributed by atoms with E-state index in [1.807, 2.05) is 20.8 Å². The molecule has 7 heteroatoms. The molecule has 3 nitrogen and oxygen atoms in total. The van der Waals surface area contributed by atoms with Gasteiger partial charge in [0.05, 0.1) is 10.2 Å². The minimum Gasteiger partial charge on any atom is -0.369 e. The van der Waals surface area contributed by atoms with Crippen LogP contribution in [0.1, 0.15) is 38.7 Å². The smallest absolute Gasteiger partial charge is 0.369 e. The molecule has 1 aromatic rings. The summed E-state index contributed by atoms with van der Waals surface area (Å²) in [5.74, 6) is 0.561. The van der Waals surface area contributed by atoms with Gasteiger partial charge in [0.2, 0.25) is 0 Å². The maximum Gasteiger partial charge on any atom is 0.396 e. The van der Waals surface area contributed by atoms with E-state index in [9.17, 15) is 13.2 Å². The molecule has 0 bridgehead atoms. The first-order valence-corrected chi connectivity index (χ1v) is 7.38. The molecule has 0 amide bonds. The number of aromatic nitrogens is 2. The Morgan fingerprint density at radius 3 is 2.40 bits per heavy atom. The Bertz CT molecular complexity index is 447. The number of hydrogen-bond donors (Lipinski definition) is 1. The third-order valence-electron chi connectivity index (χ3n) is 2.47. The van der Waals surface area contributed by atoms with Crippen LogP contribution in [0.5, 0.6) is 0 Å². The predicted octanol–water partition coefficient (Wildman–Crippen LogP) is 4.36. The van der Waals surface area contributed by atoms with Crippen molar-refractivity contribution in [3.63, 3.8) is 0 Å². The van der Waals surface area contributed by atoms with Crippen molar-refractivity contribution in [3.8, 4) is 0 Å². The van der Waals surface area contributed by atoms with E-state index in [0.29, 0.717) is 34.9 Å². The quantitative estimate of drug-likeness (QED) is 0.825. The van der Waals surface area contributed by atoms with Gasteiger partial charge in [0.15, 0.2) is 0 Å². The fourth-order valence-electron chi connectivity index (χ4n) is 1.69. The first-order valence-electron chi connectivity index (χ1n) is 6.58. The van der Waals surface area contributed by atoms with Gasteiger partial charge in [-0.05, 0) is 34.7 Å². The van der Waals surface area contributed by atoms with Crippen LogP contribution in [0.25, 0.3) is 0 Å². The molecule has 0 atom stereocenters. The number of alkyl halides is 3. The fraction of sp³-hybridized carbons (Fsp3) is 0.692. The Labute approximate surface area is 125 Å². The van der Waals surface area contributed by atoms with E-state index < -0.39 is 12.6 Å². The van der Waals surface area contributed by atoms with Crippen LogP contribution in [0.2, 0.25) is 0 Å². The summed E-state index contributed by atoms with van der Waals surface area (Å²) in [4.78, 5) is 8.02. The van der Waals surface area contributed by atoms with Crippen molar-refractivity contribution in [3.05, 3.63) is 16.0 Å². The van der Waals surface area contributed by atoms with Crippen molar-refractivity contribution in [2.45, 2.75) is 46.2 Å². The number of rotatable bonds is 6. The molecule has 0 spiro atoms. The molecule has 0 radical (unpaired) electrons. The molecule has 1 rings (SSSR count). The second-order valence-corrected chi connectivity index (χ2v) is 5.86. The summed E-state index contributed by atoms with van der Waals surface area (Å²) in [5, 5.41) is 3.04. The molecular weight excluding hydrogens is 335 g/mol. The first kappa shape index (κ1) is 17.2. The highest BCUT2D eigenvalue weighted by atomic mass is 79.9. The van der Waals surface area contributed by atoms with Crippen LogP contribution in [0.3, 0.4) is 0 Å². The standard InChI is InChI=1S/C13H19BrF3N3/c1-4-5-18-12-11(14)9(6-8(2)3)19-10(20-12)7-13(15,16)17/h8H,4-7H2,1-3H3,(H,18,19,20). The van der Waals surface area contributed by atoms with Gasteiger partial charge in [-0.3, -0.25) is 0 Å². The zero-order valence-corrected chi connectivity index (χ0v) is 13.4. The van der Waals surface area contributed by atoms with Crippen molar-refractivity contribution in [2.24, 2.45) is 5.92 Å². The van der Waals surface area contributed by atoms with Gasteiger partial charge in [-0.15, -0.1) is 0 Å². The third kappa shape index (κ3) is 5.64. The minimum atomic E-state index is -4.30. The lowest BCUT2D eigenvalue weighted by Gasteiger charge is -2.14. The molecule has 0 aliphatic heterocycles. The van der Waals surface area contributed by atoms with E-state index in [-0.39, 0.29) is 5.82 Å². The molecule has 1 aromatic heterocycles. The molecule has 1 N–H and O–H groups in total. The predicted molar refractivity (Wildman–Crippen MR) is 76.8 cm³/mol. The van der Waals surface area contributed by atoms with Crippen LogP contribution < -0.4 is 5.32 Å². The van der Waals surface area contributed by atoms with Crippen LogP contribution in [-0.2, 0) is 12.8 Å². The van der Waals surface area contributed by atoms with E-state index in [1.165, 1.54) is 0 Å². The summed E-state index contributed by atoms with van der Waals surface area (Å²) in [5.41, 5.74) is 0.618. The lowest BCUT2D eigenvalue weighted by molar-refractivity contribution is -0.128. The molecule has 0 aliphatic rings. The SMILES string of the molecule is CCCNc1nc(CC(F)(F)F)nc(CC(C)C)c1Br. The molecule has 0 saturated carbocycles. The number of halogens is 4. The van der Waals surface area contributed by atoms with Gasteiger partial charge >= 0.3 is 6.18 Å². The average Bonchev–Trinajstić information content (AvgIpc) is 2.28. The fourth-order valence-corrected chi connectivity index (χ4v) is 2.16. The normalized spacial score (nSPS) is 12.0. The van der Waals surface area contributed by atoms with E-state index in [0.717, 1.165) is 6.42 Å². The zero-order valence-electron chi connectivity index (χ0n) is 11.8. The maximum atomic E-state index is 12.5. The summed E-state index contributed by atoms with van der Waals surface area (Å²) in [6.45, 7) is 6.63.